The van der Waals surface area contributed by atoms with E-state index in [1.807, 2.05) is 19.9 Å². The summed E-state index contributed by atoms with van der Waals surface area (Å²) in [7, 11) is -3.22. The number of rotatable bonds is 5. The molecule has 0 aromatic rings. The average Bonchev–Trinajstić information content (AvgIpc) is 2.17. The third-order valence-corrected chi connectivity index (χ3v) is 3.19. The van der Waals surface area contributed by atoms with Crippen LogP contribution in [-0.2, 0) is 19.5 Å². The molecule has 0 aromatic carbocycles. The Hall–Kier alpha value is -0.430. The summed E-state index contributed by atoms with van der Waals surface area (Å²) in [6.07, 6.45) is 3.72. The lowest BCUT2D eigenvalue weighted by Crippen LogP contribution is -2.50. The minimum atomic E-state index is -3.22. The van der Waals surface area contributed by atoms with Crippen molar-refractivity contribution in [2.45, 2.75) is 32.4 Å². The van der Waals surface area contributed by atoms with E-state index in [4.69, 9.17) is 9.47 Å². The number of ether oxygens (including phenoxy) is 2. The molecule has 17 heavy (non-hydrogen) atoms. The van der Waals surface area contributed by atoms with Gasteiger partial charge in [-0.05, 0) is 20.3 Å². The van der Waals surface area contributed by atoms with Crippen molar-refractivity contribution in [2.75, 3.05) is 26.1 Å². The molecule has 1 N–H and O–H groups in total. The summed E-state index contributed by atoms with van der Waals surface area (Å²) in [5, 5.41) is 0. The molecule has 0 aliphatic carbocycles. The Kier molecular flexibility index (Phi) is 5.58. The van der Waals surface area contributed by atoms with E-state index in [1.165, 1.54) is 5.57 Å². The van der Waals surface area contributed by atoms with E-state index in [0.29, 0.717) is 26.2 Å². The number of hydrogen-bond donors (Lipinski definition) is 1. The molecule has 1 fully saturated rings. The summed E-state index contributed by atoms with van der Waals surface area (Å²) in [5.74, 6) is 0. The zero-order valence-corrected chi connectivity index (χ0v) is 11.4. The van der Waals surface area contributed by atoms with Gasteiger partial charge in [-0.1, -0.05) is 11.6 Å². The van der Waals surface area contributed by atoms with E-state index in [-0.39, 0.29) is 12.1 Å². The highest BCUT2D eigenvalue weighted by atomic mass is 32.2. The molecule has 1 heterocycles. The smallest absolute Gasteiger partial charge is 0.209 e. The van der Waals surface area contributed by atoms with Gasteiger partial charge in [0.25, 0.3) is 0 Å². The zero-order chi connectivity index (χ0) is 12.9. The van der Waals surface area contributed by atoms with E-state index >= 15 is 0 Å². The van der Waals surface area contributed by atoms with Gasteiger partial charge in [0.2, 0.25) is 10.0 Å². The van der Waals surface area contributed by atoms with Gasteiger partial charge < -0.3 is 9.47 Å². The minimum absolute atomic E-state index is 0.117. The summed E-state index contributed by atoms with van der Waals surface area (Å²) in [4.78, 5) is 0. The molecule has 5 nitrogen and oxygen atoms in total. The van der Waals surface area contributed by atoms with Gasteiger partial charge in [-0.3, -0.25) is 0 Å². The quantitative estimate of drug-likeness (QED) is 0.741. The van der Waals surface area contributed by atoms with Crippen molar-refractivity contribution >= 4 is 10.0 Å². The van der Waals surface area contributed by atoms with Gasteiger partial charge in [-0.2, -0.15) is 0 Å². The van der Waals surface area contributed by atoms with Crippen LogP contribution in [-0.4, -0.2) is 46.6 Å². The molecule has 0 spiro atoms. The van der Waals surface area contributed by atoms with Gasteiger partial charge in [0, 0.05) is 6.61 Å². The first-order chi connectivity index (χ1) is 7.88. The first-order valence-corrected chi connectivity index (χ1v) is 7.57. The van der Waals surface area contributed by atoms with Gasteiger partial charge in [-0.15, -0.1) is 0 Å². The van der Waals surface area contributed by atoms with E-state index < -0.39 is 10.0 Å². The number of nitrogens with one attached hydrogen (secondary N) is 1. The van der Waals surface area contributed by atoms with Crippen molar-refractivity contribution in [2.24, 2.45) is 0 Å². The Balaban J connectivity index is 2.51. The number of allylic oxidation sites excluding steroid dienone is 1. The Morgan fingerprint density at radius 2 is 2.24 bits per heavy atom. The Morgan fingerprint density at radius 1 is 1.53 bits per heavy atom. The highest BCUT2D eigenvalue weighted by Crippen LogP contribution is 2.13. The van der Waals surface area contributed by atoms with Gasteiger partial charge in [0.1, 0.15) is 0 Å². The predicted octanol–water partition coefficient (Wildman–Crippen LogP) is 0.676. The molecule has 0 aromatic heterocycles. The van der Waals surface area contributed by atoms with Crippen LogP contribution >= 0.6 is 0 Å². The summed E-state index contributed by atoms with van der Waals surface area (Å²) < 4.78 is 35.9. The fraction of sp³-hybridized carbons (Fsp3) is 0.818. The Bertz CT molecular complexity index is 360. The minimum Gasteiger partial charge on any atom is -0.380 e. The average molecular weight is 263 g/mol. The van der Waals surface area contributed by atoms with Gasteiger partial charge in [0.15, 0.2) is 0 Å². The van der Waals surface area contributed by atoms with Gasteiger partial charge >= 0.3 is 0 Å². The van der Waals surface area contributed by atoms with Crippen LogP contribution in [0.2, 0.25) is 0 Å². The molecular formula is C11H21NO4S. The number of sulfonamides is 1. The van der Waals surface area contributed by atoms with Crippen LogP contribution < -0.4 is 4.72 Å². The van der Waals surface area contributed by atoms with E-state index in [0.717, 1.165) is 6.26 Å². The zero-order valence-electron chi connectivity index (χ0n) is 10.6. The molecule has 0 unspecified atom stereocenters. The highest BCUT2D eigenvalue weighted by Gasteiger charge is 2.28. The summed E-state index contributed by atoms with van der Waals surface area (Å²) in [6, 6.07) is -0.288. The largest absolute Gasteiger partial charge is 0.380 e. The summed E-state index contributed by atoms with van der Waals surface area (Å²) in [5.41, 5.74) is 1.18. The molecule has 2 atom stereocenters. The van der Waals surface area contributed by atoms with Crippen molar-refractivity contribution in [3.05, 3.63) is 11.6 Å². The molecule has 1 rings (SSSR count). The fourth-order valence-electron chi connectivity index (χ4n) is 1.64. The highest BCUT2D eigenvalue weighted by molar-refractivity contribution is 7.88. The second kappa shape index (κ2) is 6.49. The molecule has 0 radical (unpaired) electrons. The Labute approximate surface area is 103 Å². The topological polar surface area (TPSA) is 64.6 Å². The van der Waals surface area contributed by atoms with Crippen LogP contribution in [0.1, 0.15) is 20.3 Å². The first-order valence-electron chi connectivity index (χ1n) is 5.68. The van der Waals surface area contributed by atoms with E-state index in [9.17, 15) is 8.42 Å². The SMILES string of the molecule is CC(C)=CCO[C@H]1CCOC[C@H]1NS(C)(=O)=O. The first kappa shape index (κ1) is 14.6. The molecule has 0 saturated carbocycles. The van der Waals surface area contributed by atoms with Crippen LogP contribution in [0.15, 0.2) is 11.6 Å². The lowest BCUT2D eigenvalue weighted by molar-refractivity contribution is -0.0418. The maximum Gasteiger partial charge on any atom is 0.209 e. The van der Waals surface area contributed by atoms with Crippen molar-refractivity contribution < 1.29 is 17.9 Å². The normalized spacial score (nSPS) is 25.6. The van der Waals surface area contributed by atoms with Crippen LogP contribution in [0.25, 0.3) is 0 Å². The van der Waals surface area contributed by atoms with Crippen LogP contribution in [0.5, 0.6) is 0 Å². The molecular weight excluding hydrogens is 242 g/mol. The van der Waals surface area contributed by atoms with Crippen molar-refractivity contribution in [1.82, 2.24) is 4.72 Å². The second-order valence-electron chi connectivity index (χ2n) is 4.51. The van der Waals surface area contributed by atoms with Crippen LogP contribution in [0, 0.1) is 0 Å². The van der Waals surface area contributed by atoms with Crippen LogP contribution in [0.4, 0.5) is 0 Å². The molecule has 1 aliphatic heterocycles. The number of hydrogen-bond acceptors (Lipinski definition) is 4. The standard InChI is InChI=1S/C11H21NO4S/c1-9(2)4-7-16-11-5-6-15-8-10(11)12-17(3,13)14/h4,10-12H,5-8H2,1-3H3/t10-,11+/m1/s1. The lowest BCUT2D eigenvalue weighted by Gasteiger charge is -2.31. The molecule has 0 bridgehead atoms. The molecule has 6 heteroatoms. The monoisotopic (exact) mass is 263 g/mol. The lowest BCUT2D eigenvalue weighted by atomic mass is 10.1. The molecule has 0 amide bonds. The Morgan fingerprint density at radius 3 is 2.82 bits per heavy atom. The van der Waals surface area contributed by atoms with Gasteiger partial charge in [0.05, 0.1) is 31.6 Å². The third kappa shape index (κ3) is 6.16. The van der Waals surface area contributed by atoms with Crippen molar-refractivity contribution in [1.29, 1.82) is 0 Å². The fourth-order valence-corrected chi connectivity index (χ4v) is 2.41. The van der Waals surface area contributed by atoms with Crippen LogP contribution in [0.3, 0.4) is 0 Å². The summed E-state index contributed by atoms with van der Waals surface area (Å²) >= 11 is 0. The maximum atomic E-state index is 11.2. The van der Waals surface area contributed by atoms with Crippen molar-refractivity contribution in [3.8, 4) is 0 Å². The molecule has 1 aliphatic rings. The van der Waals surface area contributed by atoms with E-state index in [1.54, 1.807) is 0 Å². The second-order valence-corrected chi connectivity index (χ2v) is 6.29. The predicted molar refractivity (Wildman–Crippen MR) is 66.4 cm³/mol. The molecule has 1 saturated heterocycles. The van der Waals surface area contributed by atoms with E-state index in [2.05, 4.69) is 4.72 Å². The van der Waals surface area contributed by atoms with Crippen molar-refractivity contribution in [3.63, 3.8) is 0 Å². The van der Waals surface area contributed by atoms with Gasteiger partial charge in [-0.25, -0.2) is 13.1 Å². The summed E-state index contributed by atoms with van der Waals surface area (Å²) in [6.45, 7) is 5.49. The maximum absolute atomic E-state index is 11.2. The molecule has 100 valence electrons. The third-order valence-electron chi connectivity index (χ3n) is 2.46.